The van der Waals surface area contributed by atoms with E-state index in [0.29, 0.717) is 43.2 Å². The standard InChI is InChI=1S/C41H56N7O8P/c1-27(2)48(28(3)4)57(54-22-10-21-42)56-36-23-38(47-25-34(35-24-43-46-45-35)39(49)44-40(47)50)55-37(36)26-53-41(29-11-8-7-9-12-29,30-13-17-32(51-5)18-14-30)31-15-19-33(52-6)20-16-31/h7-9,11-20,25,27-28,35-38,43,45-46H,10,21-24,26,42H2,1-6H3,(H,44,49,50). The number of H-pyrrole nitrogens is 1. The summed E-state index contributed by atoms with van der Waals surface area (Å²) in [6.45, 7) is 9.83. The van der Waals surface area contributed by atoms with Crippen molar-refractivity contribution in [1.29, 1.82) is 0 Å². The molecule has 2 fully saturated rings. The van der Waals surface area contributed by atoms with Crippen LogP contribution >= 0.6 is 8.53 Å². The van der Waals surface area contributed by atoms with Gasteiger partial charge in [0.1, 0.15) is 29.4 Å². The lowest BCUT2D eigenvalue weighted by Gasteiger charge is -2.39. The maximum Gasteiger partial charge on any atom is 0.330 e. The molecule has 0 radical (unpaired) electrons. The topological polar surface area (TPSA) is 176 Å². The molecule has 308 valence electrons. The minimum Gasteiger partial charge on any atom is -0.497 e. The number of benzene rings is 3. The van der Waals surface area contributed by atoms with E-state index in [1.165, 1.54) is 4.57 Å². The number of hydrogen-bond donors (Lipinski definition) is 5. The Balaban J connectivity index is 1.43. The van der Waals surface area contributed by atoms with Crippen LogP contribution in [0.5, 0.6) is 11.5 Å². The zero-order chi connectivity index (χ0) is 40.5. The molecule has 5 atom stereocenters. The van der Waals surface area contributed by atoms with Crippen LogP contribution in [0.4, 0.5) is 0 Å². The SMILES string of the molecule is COc1ccc(C(OCC2OC(n3cc(C4CNNN4)c(=O)[nH]c3=O)CC2OP(OCCCN)N(C(C)C)C(C)C)(c2ccccc2)c2ccc(OC)cc2)cc1. The van der Waals surface area contributed by atoms with Crippen LogP contribution in [-0.4, -0.2) is 79.0 Å². The first-order chi connectivity index (χ1) is 27.6. The normalized spacial score (nSPS) is 20.5. The summed E-state index contributed by atoms with van der Waals surface area (Å²) in [5.74, 6) is 1.41. The van der Waals surface area contributed by atoms with E-state index in [1.807, 2.05) is 78.9 Å². The predicted molar refractivity (Wildman–Crippen MR) is 219 cm³/mol. The van der Waals surface area contributed by atoms with Gasteiger partial charge in [0, 0.05) is 31.2 Å². The molecular weight excluding hydrogens is 749 g/mol. The first-order valence-corrected chi connectivity index (χ1v) is 20.5. The van der Waals surface area contributed by atoms with Gasteiger partial charge >= 0.3 is 5.69 Å². The number of nitrogens with two attached hydrogens (primary N) is 1. The van der Waals surface area contributed by atoms with E-state index in [2.05, 4.69) is 53.7 Å². The number of aromatic nitrogens is 2. The van der Waals surface area contributed by atoms with Gasteiger partial charge in [-0.15, -0.1) is 0 Å². The molecule has 6 rings (SSSR count). The Morgan fingerprint density at radius 1 is 0.912 bits per heavy atom. The molecule has 15 nitrogen and oxygen atoms in total. The van der Waals surface area contributed by atoms with Gasteiger partial charge in [-0.05, 0) is 81.6 Å². The van der Waals surface area contributed by atoms with E-state index in [-0.39, 0.29) is 31.2 Å². The number of hydrogen-bond acceptors (Lipinski definition) is 13. The quantitative estimate of drug-likeness (QED) is 0.0506. The Kier molecular flexibility index (Phi) is 14.7. The number of aromatic amines is 1. The first-order valence-electron chi connectivity index (χ1n) is 19.4. The highest BCUT2D eigenvalue weighted by Crippen LogP contribution is 2.50. The minimum atomic E-state index is -1.61. The summed E-state index contributed by atoms with van der Waals surface area (Å²) in [4.78, 5) is 29.0. The van der Waals surface area contributed by atoms with Gasteiger partial charge in [-0.3, -0.25) is 14.3 Å². The summed E-state index contributed by atoms with van der Waals surface area (Å²) in [6.07, 6.45) is 0.440. The molecule has 6 N–H and O–H groups in total. The van der Waals surface area contributed by atoms with E-state index in [0.717, 1.165) is 16.7 Å². The van der Waals surface area contributed by atoms with Gasteiger partial charge in [-0.25, -0.2) is 20.3 Å². The van der Waals surface area contributed by atoms with Crippen LogP contribution < -0.4 is 42.8 Å². The second-order valence-electron chi connectivity index (χ2n) is 14.6. The predicted octanol–water partition coefficient (Wildman–Crippen LogP) is 4.60. The maximum absolute atomic E-state index is 13.5. The van der Waals surface area contributed by atoms with Gasteiger partial charge in [-0.1, -0.05) is 54.6 Å². The van der Waals surface area contributed by atoms with Gasteiger partial charge in [0.05, 0.1) is 45.1 Å². The number of hydrazine groups is 2. The zero-order valence-electron chi connectivity index (χ0n) is 33.5. The van der Waals surface area contributed by atoms with Gasteiger partial charge < -0.3 is 33.7 Å². The average molecular weight is 806 g/mol. The van der Waals surface area contributed by atoms with Crippen molar-refractivity contribution in [3.63, 3.8) is 0 Å². The summed E-state index contributed by atoms with van der Waals surface area (Å²) in [7, 11) is 1.67. The lowest BCUT2D eigenvalue weighted by molar-refractivity contribution is -0.0926. The average Bonchev–Trinajstić information content (AvgIpc) is 3.90. The Morgan fingerprint density at radius 3 is 2.07 bits per heavy atom. The van der Waals surface area contributed by atoms with Crippen molar-refractivity contribution in [2.45, 2.75) is 82.7 Å². The zero-order valence-corrected chi connectivity index (χ0v) is 34.4. The Bertz CT molecular complexity index is 1920. The maximum atomic E-state index is 13.5. The van der Waals surface area contributed by atoms with Gasteiger partial charge in [0.25, 0.3) is 14.1 Å². The van der Waals surface area contributed by atoms with E-state index in [9.17, 15) is 9.59 Å². The van der Waals surface area contributed by atoms with Gasteiger partial charge in [-0.2, -0.15) is 5.53 Å². The fraction of sp³-hybridized carbons (Fsp3) is 0.463. The van der Waals surface area contributed by atoms with Crippen molar-refractivity contribution < 1.29 is 28.0 Å². The summed E-state index contributed by atoms with van der Waals surface area (Å²) < 4.78 is 42.3. The molecule has 1 aromatic heterocycles. The third-order valence-electron chi connectivity index (χ3n) is 10.2. The van der Waals surface area contributed by atoms with Crippen LogP contribution in [0.2, 0.25) is 0 Å². The summed E-state index contributed by atoms with van der Waals surface area (Å²) >= 11 is 0. The largest absolute Gasteiger partial charge is 0.497 e. The molecule has 3 aromatic carbocycles. The van der Waals surface area contributed by atoms with Crippen molar-refractivity contribution in [1.82, 2.24) is 30.6 Å². The summed E-state index contributed by atoms with van der Waals surface area (Å²) in [5, 5.41) is 0. The van der Waals surface area contributed by atoms with E-state index < -0.39 is 43.8 Å². The van der Waals surface area contributed by atoms with Crippen molar-refractivity contribution in [2.75, 3.05) is 40.5 Å². The lowest BCUT2D eigenvalue weighted by atomic mass is 9.80. The monoisotopic (exact) mass is 805 g/mol. The van der Waals surface area contributed by atoms with Crippen molar-refractivity contribution >= 4 is 8.53 Å². The Morgan fingerprint density at radius 2 is 1.53 bits per heavy atom. The van der Waals surface area contributed by atoms with Gasteiger partial charge in [0.2, 0.25) is 0 Å². The van der Waals surface area contributed by atoms with Crippen LogP contribution in [0.15, 0.2) is 94.6 Å². The third-order valence-corrected chi connectivity index (χ3v) is 12.3. The second kappa shape index (κ2) is 19.6. The molecule has 2 aliphatic heterocycles. The molecule has 0 saturated carbocycles. The molecule has 2 saturated heterocycles. The van der Waals surface area contributed by atoms with Crippen molar-refractivity contribution in [3.05, 3.63) is 128 Å². The smallest absolute Gasteiger partial charge is 0.330 e. The molecule has 16 heteroatoms. The highest BCUT2D eigenvalue weighted by molar-refractivity contribution is 7.44. The molecule has 2 aliphatic rings. The molecule has 0 aliphatic carbocycles. The Hall–Kier alpha value is -3.99. The fourth-order valence-electron chi connectivity index (χ4n) is 7.37. The van der Waals surface area contributed by atoms with Crippen molar-refractivity contribution in [3.8, 4) is 11.5 Å². The van der Waals surface area contributed by atoms with Crippen LogP contribution in [0.25, 0.3) is 0 Å². The highest BCUT2D eigenvalue weighted by atomic mass is 31.2. The number of methoxy groups -OCH3 is 2. The Labute approximate surface area is 335 Å². The minimum absolute atomic E-state index is 0.0480. The fourth-order valence-corrected chi connectivity index (χ4v) is 9.17. The van der Waals surface area contributed by atoms with Crippen LogP contribution in [0, 0.1) is 0 Å². The van der Waals surface area contributed by atoms with Crippen LogP contribution in [-0.2, 0) is 24.1 Å². The number of nitrogens with zero attached hydrogens (tertiary/aromatic N) is 2. The molecule has 3 heterocycles. The third kappa shape index (κ3) is 9.67. The molecule has 5 unspecified atom stereocenters. The molecule has 0 bridgehead atoms. The van der Waals surface area contributed by atoms with E-state index in [4.69, 9.17) is 33.7 Å². The van der Waals surface area contributed by atoms with Gasteiger partial charge in [0.15, 0.2) is 0 Å². The van der Waals surface area contributed by atoms with E-state index in [1.54, 1.807) is 20.4 Å². The summed E-state index contributed by atoms with van der Waals surface area (Å²) in [6, 6.07) is 25.5. The second-order valence-corrected chi connectivity index (χ2v) is 16.0. The lowest BCUT2D eigenvalue weighted by Crippen LogP contribution is -2.40. The molecule has 0 amide bonds. The number of nitrogens with one attached hydrogen (secondary N) is 4. The van der Waals surface area contributed by atoms with Crippen molar-refractivity contribution in [2.24, 2.45) is 5.73 Å². The number of rotatable bonds is 19. The molecular formula is C41H56N7O8P. The van der Waals surface area contributed by atoms with Crippen LogP contribution in [0.3, 0.4) is 0 Å². The molecule has 4 aromatic rings. The molecule has 57 heavy (non-hydrogen) atoms. The summed E-state index contributed by atoms with van der Waals surface area (Å²) in [5.41, 5.74) is 15.5. The van der Waals surface area contributed by atoms with E-state index >= 15 is 0 Å². The first kappa shape index (κ1) is 42.6. The number of ether oxygens (including phenoxy) is 4. The highest BCUT2D eigenvalue weighted by Gasteiger charge is 2.45. The molecule has 0 spiro atoms. The van der Waals surface area contributed by atoms with Crippen LogP contribution in [0.1, 0.15) is 75.1 Å².